The number of aromatic nitrogens is 3. The number of amides is 1. The van der Waals surface area contributed by atoms with Crippen LogP contribution in [0.25, 0.3) is 0 Å². The number of primary amides is 1. The zero-order valence-corrected chi connectivity index (χ0v) is 9.18. The fourth-order valence-electron chi connectivity index (χ4n) is 1.39. The number of nitrogens with zero attached hydrogens (tertiary/aromatic N) is 2. The molecule has 2 aromatic rings. The molecule has 0 aromatic carbocycles. The number of carbonyl (C=O) groups excluding carboxylic acids is 1. The Kier molecular flexibility index (Phi) is 3.34. The van der Waals surface area contributed by atoms with E-state index in [2.05, 4.69) is 20.3 Å². The van der Waals surface area contributed by atoms with Gasteiger partial charge in [-0.3, -0.25) is 4.79 Å². The first-order valence-corrected chi connectivity index (χ1v) is 5.22. The Morgan fingerprint density at radius 1 is 1.41 bits per heavy atom. The van der Waals surface area contributed by atoms with Gasteiger partial charge in [0.2, 0.25) is 5.91 Å². The zero-order chi connectivity index (χ0) is 12.1. The SMILES string of the molecule is NC(=O)c1ccc(NCCc2cnc[nH]2)nc1. The summed E-state index contributed by atoms with van der Waals surface area (Å²) in [5, 5.41) is 3.14. The van der Waals surface area contributed by atoms with Crippen molar-refractivity contribution >= 4 is 11.7 Å². The lowest BCUT2D eigenvalue weighted by molar-refractivity contribution is 0.1000. The summed E-state index contributed by atoms with van der Waals surface area (Å²) in [6.07, 6.45) is 5.72. The fourth-order valence-corrected chi connectivity index (χ4v) is 1.39. The minimum Gasteiger partial charge on any atom is -0.370 e. The molecule has 1 amide bonds. The van der Waals surface area contributed by atoms with Gasteiger partial charge in [0, 0.05) is 31.1 Å². The Labute approximate surface area is 98.3 Å². The van der Waals surface area contributed by atoms with Crippen molar-refractivity contribution in [2.24, 2.45) is 5.73 Å². The monoisotopic (exact) mass is 231 g/mol. The Bertz CT molecular complexity index is 477. The third-order valence-electron chi connectivity index (χ3n) is 2.30. The molecule has 2 aromatic heterocycles. The number of aromatic amines is 1. The maximum absolute atomic E-state index is 10.8. The molecule has 0 fully saturated rings. The van der Waals surface area contributed by atoms with E-state index in [1.165, 1.54) is 6.20 Å². The van der Waals surface area contributed by atoms with Gasteiger partial charge in [0.1, 0.15) is 5.82 Å². The third-order valence-corrected chi connectivity index (χ3v) is 2.30. The van der Waals surface area contributed by atoms with Crippen LogP contribution < -0.4 is 11.1 Å². The second-order valence-corrected chi connectivity index (χ2v) is 3.55. The molecule has 0 radical (unpaired) electrons. The van der Waals surface area contributed by atoms with E-state index < -0.39 is 5.91 Å². The van der Waals surface area contributed by atoms with Crippen LogP contribution in [0.15, 0.2) is 30.9 Å². The van der Waals surface area contributed by atoms with Crippen LogP contribution in [0.2, 0.25) is 0 Å². The van der Waals surface area contributed by atoms with Gasteiger partial charge in [0.15, 0.2) is 0 Å². The molecule has 0 atom stereocenters. The number of nitrogens with two attached hydrogens (primary N) is 1. The molecule has 0 spiro atoms. The molecule has 0 aliphatic rings. The van der Waals surface area contributed by atoms with Gasteiger partial charge >= 0.3 is 0 Å². The number of rotatable bonds is 5. The van der Waals surface area contributed by atoms with Gasteiger partial charge < -0.3 is 16.0 Å². The van der Waals surface area contributed by atoms with Crippen molar-refractivity contribution in [3.63, 3.8) is 0 Å². The fraction of sp³-hybridized carbons (Fsp3) is 0.182. The smallest absolute Gasteiger partial charge is 0.250 e. The average molecular weight is 231 g/mol. The number of hydrogen-bond acceptors (Lipinski definition) is 4. The minimum atomic E-state index is -0.471. The summed E-state index contributed by atoms with van der Waals surface area (Å²) >= 11 is 0. The first-order chi connectivity index (χ1) is 8.25. The maximum Gasteiger partial charge on any atom is 0.250 e. The van der Waals surface area contributed by atoms with Crippen LogP contribution in [0.5, 0.6) is 0 Å². The summed E-state index contributed by atoms with van der Waals surface area (Å²) in [6, 6.07) is 3.38. The predicted octanol–water partition coefficient (Wildman–Crippen LogP) is 0.558. The van der Waals surface area contributed by atoms with E-state index >= 15 is 0 Å². The van der Waals surface area contributed by atoms with Crippen LogP contribution in [0.3, 0.4) is 0 Å². The lowest BCUT2D eigenvalue weighted by Gasteiger charge is -2.04. The van der Waals surface area contributed by atoms with Crippen molar-refractivity contribution in [1.82, 2.24) is 15.0 Å². The van der Waals surface area contributed by atoms with Crippen LogP contribution in [-0.4, -0.2) is 27.4 Å². The molecule has 0 saturated heterocycles. The summed E-state index contributed by atoms with van der Waals surface area (Å²) < 4.78 is 0. The number of anilines is 1. The Hall–Kier alpha value is -2.37. The van der Waals surface area contributed by atoms with Gasteiger partial charge in [-0.2, -0.15) is 0 Å². The average Bonchev–Trinajstić information content (AvgIpc) is 2.83. The van der Waals surface area contributed by atoms with Gasteiger partial charge in [-0.25, -0.2) is 9.97 Å². The number of nitrogens with one attached hydrogen (secondary N) is 2. The van der Waals surface area contributed by atoms with E-state index in [9.17, 15) is 4.79 Å². The highest BCUT2D eigenvalue weighted by Gasteiger charge is 2.00. The van der Waals surface area contributed by atoms with Crippen molar-refractivity contribution < 1.29 is 4.79 Å². The molecule has 0 bridgehead atoms. The van der Waals surface area contributed by atoms with Gasteiger partial charge in [0.25, 0.3) is 0 Å². The van der Waals surface area contributed by atoms with Crippen LogP contribution in [0, 0.1) is 0 Å². The summed E-state index contributed by atoms with van der Waals surface area (Å²) in [5.74, 6) is 0.246. The Morgan fingerprint density at radius 3 is 2.88 bits per heavy atom. The summed E-state index contributed by atoms with van der Waals surface area (Å²) in [5.41, 5.74) is 6.59. The standard InChI is InChI=1S/C11H13N5O/c12-11(17)8-1-2-10(15-5-8)14-4-3-9-6-13-7-16-9/h1-2,5-7H,3-4H2,(H2,12,17)(H,13,16)(H,14,15). The highest BCUT2D eigenvalue weighted by atomic mass is 16.1. The van der Waals surface area contributed by atoms with Crippen molar-refractivity contribution in [2.75, 3.05) is 11.9 Å². The lowest BCUT2D eigenvalue weighted by atomic mass is 10.2. The van der Waals surface area contributed by atoms with Gasteiger partial charge in [-0.05, 0) is 12.1 Å². The highest BCUT2D eigenvalue weighted by Crippen LogP contribution is 2.04. The van der Waals surface area contributed by atoms with Crippen LogP contribution in [-0.2, 0) is 6.42 Å². The van der Waals surface area contributed by atoms with Gasteiger partial charge in [0.05, 0.1) is 11.9 Å². The number of carbonyl (C=O) groups is 1. The molecule has 2 rings (SSSR count). The first kappa shape index (κ1) is 11.1. The Balaban J connectivity index is 1.85. The number of hydrogen-bond donors (Lipinski definition) is 3. The third kappa shape index (κ3) is 3.04. The molecule has 0 aliphatic carbocycles. The second-order valence-electron chi connectivity index (χ2n) is 3.55. The summed E-state index contributed by atoms with van der Waals surface area (Å²) in [4.78, 5) is 21.9. The molecule has 4 N–H and O–H groups in total. The van der Waals surface area contributed by atoms with E-state index in [4.69, 9.17) is 5.73 Å². The van der Waals surface area contributed by atoms with E-state index in [1.807, 2.05) is 0 Å². The van der Waals surface area contributed by atoms with Gasteiger partial charge in [-0.1, -0.05) is 0 Å². The van der Waals surface area contributed by atoms with E-state index in [0.717, 1.165) is 24.5 Å². The molecule has 0 aliphatic heterocycles. The van der Waals surface area contributed by atoms with Gasteiger partial charge in [-0.15, -0.1) is 0 Å². The van der Waals surface area contributed by atoms with Crippen molar-refractivity contribution in [3.8, 4) is 0 Å². The summed E-state index contributed by atoms with van der Waals surface area (Å²) in [6.45, 7) is 0.741. The minimum absolute atomic E-state index is 0.407. The number of imidazole rings is 1. The topological polar surface area (TPSA) is 96.7 Å². The molecule has 2 heterocycles. The molecule has 17 heavy (non-hydrogen) atoms. The van der Waals surface area contributed by atoms with Crippen molar-refractivity contribution in [1.29, 1.82) is 0 Å². The molecule has 6 heteroatoms. The quantitative estimate of drug-likeness (QED) is 0.700. The van der Waals surface area contributed by atoms with E-state index in [-0.39, 0.29) is 0 Å². The second kappa shape index (κ2) is 5.11. The van der Waals surface area contributed by atoms with Crippen LogP contribution >= 0.6 is 0 Å². The van der Waals surface area contributed by atoms with Crippen molar-refractivity contribution in [3.05, 3.63) is 42.1 Å². The van der Waals surface area contributed by atoms with E-state index in [1.54, 1.807) is 24.7 Å². The Morgan fingerprint density at radius 2 is 2.29 bits per heavy atom. The van der Waals surface area contributed by atoms with Crippen LogP contribution in [0.1, 0.15) is 16.1 Å². The lowest BCUT2D eigenvalue weighted by Crippen LogP contribution is -2.12. The van der Waals surface area contributed by atoms with Crippen LogP contribution in [0.4, 0.5) is 5.82 Å². The molecular formula is C11H13N5O. The zero-order valence-electron chi connectivity index (χ0n) is 9.18. The molecule has 6 nitrogen and oxygen atoms in total. The van der Waals surface area contributed by atoms with E-state index in [0.29, 0.717) is 5.56 Å². The highest BCUT2D eigenvalue weighted by molar-refractivity contribution is 5.92. The predicted molar refractivity (Wildman–Crippen MR) is 63.5 cm³/mol. The molecule has 88 valence electrons. The maximum atomic E-state index is 10.8. The molecule has 0 saturated carbocycles. The molecule has 0 unspecified atom stereocenters. The molecular weight excluding hydrogens is 218 g/mol. The first-order valence-electron chi connectivity index (χ1n) is 5.22. The van der Waals surface area contributed by atoms with Crippen molar-refractivity contribution in [2.45, 2.75) is 6.42 Å². The largest absolute Gasteiger partial charge is 0.370 e. The summed E-state index contributed by atoms with van der Waals surface area (Å²) in [7, 11) is 0. The number of H-pyrrole nitrogens is 1. The normalized spacial score (nSPS) is 10.1. The number of pyridine rings is 1.